The number of rotatable bonds is 3. The molecule has 64 valence electrons. The van der Waals surface area contributed by atoms with Crippen molar-refractivity contribution < 1.29 is 4.79 Å². The van der Waals surface area contributed by atoms with Crippen LogP contribution >= 0.6 is 0 Å². The van der Waals surface area contributed by atoms with Gasteiger partial charge in [-0.2, -0.15) is 0 Å². The fourth-order valence-electron chi connectivity index (χ4n) is 1.57. The smallest absolute Gasteiger partial charge is 0.220 e. The van der Waals surface area contributed by atoms with Crippen LogP contribution in [0.3, 0.4) is 0 Å². The Morgan fingerprint density at radius 2 is 2.45 bits per heavy atom. The van der Waals surface area contributed by atoms with Crippen molar-refractivity contribution in [2.24, 2.45) is 11.8 Å². The Kier molecular flexibility index (Phi) is 2.92. The van der Waals surface area contributed by atoms with Gasteiger partial charge in [-0.05, 0) is 18.3 Å². The first-order valence-corrected chi connectivity index (χ1v) is 4.49. The maximum Gasteiger partial charge on any atom is 0.220 e. The fourth-order valence-corrected chi connectivity index (χ4v) is 1.57. The van der Waals surface area contributed by atoms with E-state index in [1.165, 1.54) is 12.8 Å². The zero-order valence-corrected chi connectivity index (χ0v) is 7.39. The highest BCUT2D eigenvalue weighted by molar-refractivity contribution is 5.78. The number of amides is 1. The molecule has 0 radical (unpaired) electrons. The largest absolute Gasteiger partial charge is 0.356 e. The highest BCUT2D eigenvalue weighted by atomic mass is 16.1. The molecular weight excluding hydrogens is 138 g/mol. The lowest BCUT2D eigenvalue weighted by Gasteiger charge is -2.11. The van der Waals surface area contributed by atoms with E-state index in [-0.39, 0.29) is 5.91 Å². The van der Waals surface area contributed by atoms with Crippen molar-refractivity contribution in [3.8, 4) is 0 Å². The van der Waals surface area contributed by atoms with Gasteiger partial charge in [0.15, 0.2) is 0 Å². The Morgan fingerprint density at radius 1 is 1.73 bits per heavy atom. The molecule has 1 saturated heterocycles. The van der Waals surface area contributed by atoms with Gasteiger partial charge >= 0.3 is 0 Å². The average molecular weight is 155 g/mol. The second kappa shape index (κ2) is 3.74. The number of hydrogen-bond acceptors (Lipinski definition) is 1. The van der Waals surface area contributed by atoms with Gasteiger partial charge in [0.25, 0.3) is 0 Å². The van der Waals surface area contributed by atoms with Gasteiger partial charge in [-0.1, -0.05) is 20.3 Å². The van der Waals surface area contributed by atoms with Crippen molar-refractivity contribution in [3.05, 3.63) is 0 Å². The van der Waals surface area contributed by atoms with Gasteiger partial charge in [0.05, 0.1) is 0 Å². The van der Waals surface area contributed by atoms with Gasteiger partial charge in [-0.15, -0.1) is 0 Å². The van der Waals surface area contributed by atoms with Crippen molar-refractivity contribution in [1.29, 1.82) is 0 Å². The summed E-state index contributed by atoms with van der Waals surface area (Å²) in [6.07, 6.45) is 3.18. The fraction of sp³-hybridized carbons (Fsp3) is 0.889. The Bertz CT molecular complexity index is 144. The Labute approximate surface area is 68.4 Å². The predicted octanol–water partition coefficient (Wildman–Crippen LogP) is 1.56. The molecule has 11 heavy (non-hydrogen) atoms. The van der Waals surface area contributed by atoms with Gasteiger partial charge < -0.3 is 5.32 Å². The topological polar surface area (TPSA) is 29.1 Å². The Morgan fingerprint density at radius 3 is 2.91 bits per heavy atom. The first-order valence-electron chi connectivity index (χ1n) is 4.49. The molecule has 1 aliphatic rings. The first-order chi connectivity index (χ1) is 5.22. The van der Waals surface area contributed by atoms with E-state index in [9.17, 15) is 4.79 Å². The summed E-state index contributed by atoms with van der Waals surface area (Å²) in [6.45, 7) is 5.36. The minimum atomic E-state index is 0.235. The van der Waals surface area contributed by atoms with Crippen LogP contribution in [0.5, 0.6) is 0 Å². The summed E-state index contributed by atoms with van der Waals surface area (Å²) in [5.41, 5.74) is 0. The Hall–Kier alpha value is -0.530. The zero-order valence-electron chi connectivity index (χ0n) is 7.39. The molecule has 1 rings (SSSR count). The lowest BCUT2D eigenvalue weighted by molar-refractivity contribution is -0.119. The van der Waals surface area contributed by atoms with Gasteiger partial charge in [-0.25, -0.2) is 0 Å². The lowest BCUT2D eigenvalue weighted by atomic mass is 9.93. The predicted molar refractivity (Wildman–Crippen MR) is 45.2 cm³/mol. The second-order valence-electron chi connectivity index (χ2n) is 3.62. The normalized spacial score (nSPS) is 26.7. The standard InChI is InChI=1S/C9H17NO/c1-3-7(2)4-8-5-9(11)10-6-8/h7-8H,3-6H2,1-2H3,(H,10,11). The SMILES string of the molecule is CCC(C)CC1CNC(=O)C1. The quantitative estimate of drug-likeness (QED) is 0.658. The highest BCUT2D eigenvalue weighted by Crippen LogP contribution is 2.20. The summed E-state index contributed by atoms with van der Waals surface area (Å²) in [5, 5.41) is 2.86. The number of hydrogen-bond donors (Lipinski definition) is 1. The van der Waals surface area contributed by atoms with E-state index >= 15 is 0 Å². The molecule has 0 aromatic carbocycles. The number of carbonyl (C=O) groups excluding carboxylic acids is 1. The maximum atomic E-state index is 10.8. The van der Waals surface area contributed by atoms with Crippen molar-refractivity contribution >= 4 is 5.91 Å². The van der Waals surface area contributed by atoms with Crippen molar-refractivity contribution in [3.63, 3.8) is 0 Å². The molecule has 0 saturated carbocycles. The lowest BCUT2D eigenvalue weighted by Crippen LogP contribution is -2.14. The summed E-state index contributed by atoms with van der Waals surface area (Å²) in [6, 6.07) is 0. The van der Waals surface area contributed by atoms with Crippen LogP contribution < -0.4 is 5.32 Å². The highest BCUT2D eigenvalue weighted by Gasteiger charge is 2.22. The van der Waals surface area contributed by atoms with Gasteiger partial charge in [0.1, 0.15) is 0 Å². The molecule has 1 heterocycles. The summed E-state index contributed by atoms with van der Waals surface area (Å²) in [4.78, 5) is 10.8. The minimum Gasteiger partial charge on any atom is -0.356 e. The minimum absolute atomic E-state index is 0.235. The summed E-state index contributed by atoms with van der Waals surface area (Å²) >= 11 is 0. The first kappa shape index (κ1) is 8.57. The second-order valence-corrected chi connectivity index (χ2v) is 3.62. The van der Waals surface area contributed by atoms with Crippen LogP contribution in [0.1, 0.15) is 33.1 Å². The molecule has 1 amide bonds. The van der Waals surface area contributed by atoms with E-state index in [0.29, 0.717) is 5.92 Å². The zero-order chi connectivity index (χ0) is 8.27. The number of nitrogens with one attached hydrogen (secondary N) is 1. The molecule has 0 aromatic heterocycles. The maximum absolute atomic E-state index is 10.8. The van der Waals surface area contributed by atoms with Crippen molar-refractivity contribution in [2.45, 2.75) is 33.1 Å². The molecule has 1 N–H and O–H groups in total. The Balaban J connectivity index is 2.22. The molecule has 2 nitrogen and oxygen atoms in total. The van der Waals surface area contributed by atoms with E-state index in [1.807, 2.05) is 0 Å². The van der Waals surface area contributed by atoms with Crippen LogP contribution in [0.15, 0.2) is 0 Å². The van der Waals surface area contributed by atoms with E-state index < -0.39 is 0 Å². The molecule has 2 unspecified atom stereocenters. The third kappa shape index (κ3) is 2.52. The van der Waals surface area contributed by atoms with E-state index in [2.05, 4.69) is 19.2 Å². The van der Waals surface area contributed by atoms with E-state index in [0.717, 1.165) is 18.9 Å². The number of carbonyl (C=O) groups is 1. The molecule has 1 aliphatic heterocycles. The molecule has 0 aromatic rings. The van der Waals surface area contributed by atoms with Crippen molar-refractivity contribution in [2.75, 3.05) is 6.54 Å². The molecule has 0 bridgehead atoms. The van der Waals surface area contributed by atoms with Crippen LogP contribution in [-0.4, -0.2) is 12.5 Å². The molecule has 2 atom stereocenters. The molecular formula is C9H17NO. The summed E-state index contributed by atoms with van der Waals surface area (Å²) in [5.74, 6) is 1.61. The molecule has 2 heteroatoms. The van der Waals surface area contributed by atoms with Gasteiger partial charge in [-0.3, -0.25) is 4.79 Å². The van der Waals surface area contributed by atoms with Crippen LogP contribution in [0, 0.1) is 11.8 Å². The monoisotopic (exact) mass is 155 g/mol. The molecule has 0 aliphatic carbocycles. The van der Waals surface area contributed by atoms with Crippen LogP contribution in [0.25, 0.3) is 0 Å². The third-order valence-electron chi connectivity index (χ3n) is 2.49. The van der Waals surface area contributed by atoms with Crippen LogP contribution in [0.4, 0.5) is 0 Å². The van der Waals surface area contributed by atoms with Crippen LogP contribution in [-0.2, 0) is 4.79 Å². The van der Waals surface area contributed by atoms with Crippen LogP contribution in [0.2, 0.25) is 0 Å². The van der Waals surface area contributed by atoms with E-state index in [1.54, 1.807) is 0 Å². The third-order valence-corrected chi connectivity index (χ3v) is 2.49. The van der Waals surface area contributed by atoms with Gasteiger partial charge in [0.2, 0.25) is 5.91 Å². The molecule has 1 fully saturated rings. The average Bonchev–Trinajstić information content (AvgIpc) is 2.35. The van der Waals surface area contributed by atoms with E-state index in [4.69, 9.17) is 0 Å². The van der Waals surface area contributed by atoms with Crippen molar-refractivity contribution in [1.82, 2.24) is 5.32 Å². The van der Waals surface area contributed by atoms with Gasteiger partial charge in [0, 0.05) is 13.0 Å². The molecule has 0 spiro atoms. The summed E-state index contributed by atoms with van der Waals surface area (Å²) in [7, 11) is 0. The summed E-state index contributed by atoms with van der Waals surface area (Å²) < 4.78 is 0.